The highest BCUT2D eigenvalue weighted by Gasteiger charge is 2.42. The maximum absolute atomic E-state index is 6.98. The van der Waals surface area contributed by atoms with E-state index in [2.05, 4.69) is 168 Å². The molecule has 0 N–H and O–H groups in total. The van der Waals surface area contributed by atoms with E-state index < -0.39 is 0 Å². The van der Waals surface area contributed by atoms with E-state index in [0.29, 0.717) is 17.5 Å². The van der Waals surface area contributed by atoms with E-state index in [0.717, 1.165) is 67.2 Å². The van der Waals surface area contributed by atoms with Crippen LogP contribution in [0, 0.1) is 0 Å². The van der Waals surface area contributed by atoms with Gasteiger partial charge in [0.2, 0.25) is 0 Å². The molecule has 2 unspecified atom stereocenters. The largest absolute Gasteiger partial charge is 0.484 e. The molecule has 0 fully saturated rings. The van der Waals surface area contributed by atoms with Gasteiger partial charge < -0.3 is 9.30 Å². The van der Waals surface area contributed by atoms with Crippen LogP contribution in [-0.4, -0.2) is 19.5 Å². The number of hydrogen-bond donors (Lipinski definition) is 0. The van der Waals surface area contributed by atoms with Crippen molar-refractivity contribution in [3.8, 4) is 67.9 Å². The molecule has 2 aromatic heterocycles. The summed E-state index contributed by atoms with van der Waals surface area (Å²) in [5.41, 5.74) is 13.0. The first-order valence-electron chi connectivity index (χ1n) is 19.0. The SMILES string of the molecule is C1=CC2c3c(cccc3-c3nc(-c4ccccc4)nc(-c4cc(-c5ccccc5)cc(-c5ccccc5)c4)n3)OC2c2c1n(-c1ccccc1)c1ccccc21. The third kappa shape index (κ3) is 5.36. The van der Waals surface area contributed by atoms with Crippen LogP contribution in [0.3, 0.4) is 0 Å². The van der Waals surface area contributed by atoms with Crippen molar-refractivity contribution in [3.63, 3.8) is 0 Å². The summed E-state index contributed by atoms with van der Waals surface area (Å²) in [6, 6.07) is 63.3. The number of aromatic nitrogens is 4. The first-order valence-corrected chi connectivity index (χ1v) is 19.0. The molecule has 2 aliphatic rings. The number of fused-ring (bicyclic) bond motifs is 7. The quantitative estimate of drug-likeness (QED) is 0.172. The predicted octanol–water partition coefficient (Wildman–Crippen LogP) is 12.4. The lowest BCUT2D eigenvalue weighted by Crippen LogP contribution is -2.14. The number of benzene rings is 7. The van der Waals surface area contributed by atoms with E-state index in [1.165, 1.54) is 10.9 Å². The molecular weight excluding hydrogens is 685 g/mol. The normalized spacial score (nSPS) is 15.2. The lowest BCUT2D eigenvalue weighted by Gasteiger charge is -2.22. The van der Waals surface area contributed by atoms with E-state index >= 15 is 0 Å². The molecule has 0 saturated heterocycles. The lowest BCUT2D eigenvalue weighted by molar-refractivity contribution is 0.224. The average molecular weight is 719 g/mol. The Morgan fingerprint density at radius 1 is 0.446 bits per heavy atom. The summed E-state index contributed by atoms with van der Waals surface area (Å²) in [5.74, 6) is 2.68. The molecule has 5 nitrogen and oxygen atoms in total. The van der Waals surface area contributed by atoms with Crippen LogP contribution in [0.1, 0.15) is 28.8 Å². The van der Waals surface area contributed by atoms with Gasteiger partial charge in [0.05, 0.1) is 11.2 Å². The highest BCUT2D eigenvalue weighted by atomic mass is 16.5. The number of hydrogen-bond acceptors (Lipinski definition) is 4. The minimum Gasteiger partial charge on any atom is -0.484 e. The average Bonchev–Trinajstić information content (AvgIpc) is 3.83. The molecule has 0 amide bonds. The fourth-order valence-electron chi connectivity index (χ4n) is 8.47. The van der Waals surface area contributed by atoms with Crippen molar-refractivity contribution >= 4 is 17.0 Å². The molecule has 9 aromatic rings. The van der Waals surface area contributed by atoms with Crippen molar-refractivity contribution in [1.29, 1.82) is 0 Å². The van der Waals surface area contributed by atoms with Crippen LogP contribution in [0.15, 0.2) is 188 Å². The minimum absolute atomic E-state index is 0.0322. The van der Waals surface area contributed by atoms with Crippen LogP contribution in [0.5, 0.6) is 5.75 Å². The second-order valence-electron chi connectivity index (χ2n) is 14.3. The van der Waals surface area contributed by atoms with Gasteiger partial charge in [0.1, 0.15) is 11.9 Å². The van der Waals surface area contributed by atoms with Crippen molar-refractivity contribution in [3.05, 3.63) is 205 Å². The van der Waals surface area contributed by atoms with E-state index in [9.17, 15) is 0 Å². The Balaban J connectivity index is 1.09. The van der Waals surface area contributed by atoms with Crippen LogP contribution in [0.25, 0.3) is 79.1 Å². The van der Waals surface area contributed by atoms with E-state index in [4.69, 9.17) is 19.7 Å². The maximum atomic E-state index is 6.98. The Hall–Kier alpha value is -7.37. The van der Waals surface area contributed by atoms with Gasteiger partial charge in [-0.1, -0.05) is 146 Å². The Kier molecular flexibility index (Phi) is 7.56. The van der Waals surface area contributed by atoms with E-state index in [1.807, 2.05) is 30.3 Å². The number of nitrogens with zero attached hydrogens (tertiary/aromatic N) is 4. The topological polar surface area (TPSA) is 52.8 Å². The fraction of sp³-hybridized carbons (Fsp3) is 0.0392. The Morgan fingerprint density at radius 2 is 1.00 bits per heavy atom. The fourth-order valence-corrected chi connectivity index (χ4v) is 8.47. The summed E-state index contributed by atoms with van der Waals surface area (Å²) in [6.45, 7) is 0. The third-order valence-corrected chi connectivity index (χ3v) is 11.0. The maximum Gasteiger partial charge on any atom is 0.164 e. The highest BCUT2D eigenvalue weighted by Crippen LogP contribution is 2.55. The lowest BCUT2D eigenvalue weighted by atomic mass is 9.83. The molecule has 56 heavy (non-hydrogen) atoms. The van der Waals surface area contributed by atoms with Crippen molar-refractivity contribution in [2.75, 3.05) is 0 Å². The molecular formula is C51H34N4O. The summed E-state index contributed by atoms with van der Waals surface area (Å²) in [7, 11) is 0. The first-order chi connectivity index (χ1) is 27.8. The Morgan fingerprint density at radius 3 is 1.68 bits per heavy atom. The molecule has 2 atom stereocenters. The van der Waals surface area contributed by atoms with Crippen molar-refractivity contribution in [2.45, 2.75) is 12.0 Å². The molecule has 11 rings (SSSR count). The van der Waals surface area contributed by atoms with Crippen LogP contribution in [-0.2, 0) is 0 Å². The molecule has 5 heteroatoms. The molecule has 0 radical (unpaired) electrons. The van der Waals surface area contributed by atoms with E-state index in [-0.39, 0.29) is 12.0 Å². The van der Waals surface area contributed by atoms with Gasteiger partial charge in [0, 0.05) is 44.8 Å². The Bertz CT molecular complexity index is 2880. The van der Waals surface area contributed by atoms with Crippen LogP contribution >= 0.6 is 0 Å². The summed E-state index contributed by atoms with van der Waals surface area (Å²) < 4.78 is 9.33. The van der Waals surface area contributed by atoms with Crippen LogP contribution in [0.4, 0.5) is 0 Å². The van der Waals surface area contributed by atoms with Gasteiger partial charge in [0.25, 0.3) is 0 Å². The molecule has 1 aliphatic heterocycles. The van der Waals surface area contributed by atoms with Gasteiger partial charge in [-0.25, -0.2) is 15.0 Å². The van der Waals surface area contributed by atoms with Crippen molar-refractivity contribution in [1.82, 2.24) is 19.5 Å². The van der Waals surface area contributed by atoms with Crippen LogP contribution in [0.2, 0.25) is 0 Å². The Labute approximate surface area is 324 Å². The van der Waals surface area contributed by atoms with Crippen LogP contribution < -0.4 is 4.74 Å². The second kappa shape index (κ2) is 13.2. The monoisotopic (exact) mass is 718 g/mol. The zero-order valence-electron chi connectivity index (χ0n) is 30.3. The first kappa shape index (κ1) is 32.1. The zero-order valence-corrected chi connectivity index (χ0v) is 30.3. The molecule has 0 spiro atoms. The molecule has 0 saturated carbocycles. The van der Waals surface area contributed by atoms with Gasteiger partial charge in [-0.05, 0) is 70.8 Å². The van der Waals surface area contributed by atoms with Crippen molar-refractivity contribution < 1.29 is 4.74 Å². The molecule has 3 heterocycles. The molecule has 1 aliphatic carbocycles. The molecule has 0 bridgehead atoms. The highest BCUT2D eigenvalue weighted by molar-refractivity contribution is 5.92. The second-order valence-corrected chi connectivity index (χ2v) is 14.3. The van der Waals surface area contributed by atoms with Gasteiger partial charge in [-0.2, -0.15) is 0 Å². The van der Waals surface area contributed by atoms with Gasteiger partial charge in [-0.3, -0.25) is 0 Å². The van der Waals surface area contributed by atoms with Gasteiger partial charge >= 0.3 is 0 Å². The standard InChI is InChI=1S/C51H34N4O/c1-5-16-33(17-6-1)36-30-37(34-18-7-2-8-19-34)32-38(31-36)50-52-49(35-20-9-3-10-21-35)53-51(54-50)42-25-15-27-45-46(42)41-28-29-44-47(48(41)56-45)40-24-13-14-26-43(40)55(44)39-22-11-4-12-23-39/h1-32,41,48H. The summed E-state index contributed by atoms with van der Waals surface area (Å²) >= 11 is 0. The summed E-state index contributed by atoms with van der Waals surface area (Å²) in [6.07, 6.45) is 4.37. The van der Waals surface area contributed by atoms with Gasteiger partial charge in [-0.15, -0.1) is 0 Å². The summed E-state index contributed by atoms with van der Waals surface area (Å²) in [5, 5.41) is 1.20. The smallest absolute Gasteiger partial charge is 0.164 e. The summed E-state index contributed by atoms with van der Waals surface area (Å²) in [4.78, 5) is 15.7. The number of ether oxygens (including phenoxy) is 1. The minimum atomic E-state index is -0.202. The van der Waals surface area contributed by atoms with Gasteiger partial charge in [0.15, 0.2) is 17.5 Å². The molecule has 7 aromatic carbocycles. The number of rotatable bonds is 6. The predicted molar refractivity (Wildman–Crippen MR) is 225 cm³/mol. The number of para-hydroxylation sites is 2. The van der Waals surface area contributed by atoms with Crippen molar-refractivity contribution in [2.24, 2.45) is 0 Å². The zero-order chi connectivity index (χ0) is 37.0. The molecule has 264 valence electrons. The van der Waals surface area contributed by atoms with E-state index in [1.54, 1.807) is 0 Å². The third-order valence-electron chi connectivity index (χ3n) is 11.0.